The second kappa shape index (κ2) is 5.51. The average molecular weight is 297 g/mol. The molecule has 3 N–H and O–H groups in total. The van der Waals surface area contributed by atoms with E-state index in [9.17, 15) is 13.2 Å². The van der Waals surface area contributed by atoms with Crippen LogP contribution in [0.1, 0.15) is 22.8 Å². The third kappa shape index (κ3) is 3.17. The fourth-order valence-electron chi connectivity index (χ4n) is 2.40. The zero-order valence-electron chi connectivity index (χ0n) is 11.6. The summed E-state index contributed by atoms with van der Waals surface area (Å²) < 4.78 is 22.7. The van der Waals surface area contributed by atoms with Crippen LogP contribution in [0.25, 0.3) is 0 Å². The van der Waals surface area contributed by atoms with Crippen LogP contribution in [-0.4, -0.2) is 44.9 Å². The van der Waals surface area contributed by atoms with E-state index in [4.69, 9.17) is 5.14 Å². The molecule has 6 nitrogen and oxygen atoms in total. The number of hydrogen-bond acceptors (Lipinski definition) is 4. The van der Waals surface area contributed by atoms with Gasteiger partial charge in [0.15, 0.2) is 0 Å². The van der Waals surface area contributed by atoms with Crippen molar-refractivity contribution in [1.29, 1.82) is 0 Å². The number of primary sulfonamides is 1. The van der Waals surface area contributed by atoms with E-state index in [1.54, 1.807) is 17.9 Å². The first-order valence-electron chi connectivity index (χ1n) is 6.45. The number of benzene rings is 1. The van der Waals surface area contributed by atoms with Crippen LogP contribution < -0.4 is 10.5 Å². The van der Waals surface area contributed by atoms with Gasteiger partial charge in [0.05, 0.1) is 4.90 Å². The largest absolute Gasteiger partial charge is 0.336 e. The number of piperazine rings is 1. The molecular weight excluding hydrogens is 278 g/mol. The first kappa shape index (κ1) is 15.0. The average Bonchev–Trinajstić information content (AvgIpc) is 2.36. The molecule has 0 saturated carbocycles. The zero-order valence-corrected chi connectivity index (χ0v) is 12.4. The molecule has 0 bridgehead atoms. The van der Waals surface area contributed by atoms with Crippen molar-refractivity contribution in [3.05, 3.63) is 29.3 Å². The third-order valence-electron chi connectivity index (χ3n) is 3.38. The van der Waals surface area contributed by atoms with E-state index in [-0.39, 0.29) is 16.8 Å². The van der Waals surface area contributed by atoms with Gasteiger partial charge in [-0.25, -0.2) is 13.6 Å². The lowest BCUT2D eigenvalue weighted by molar-refractivity contribution is 0.0709. The summed E-state index contributed by atoms with van der Waals surface area (Å²) in [6, 6.07) is 4.75. The van der Waals surface area contributed by atoms with Gasteiger partial charge in [-0.1, -0.05) is 0 Å². The van der Waals surface area contributed by atoms with Gasteiger partial charge in [0, 0.05) is 31.2 Å². The molecule has 0 spiro atoms. The van der Waals surface area contributed by atoms with Gasteiger partial charge >= 0.3 is 0 Å². The fourth-order valence-corrected chi connectivity index (χ4v) is 3.17. The number of aryl methyl sites for hydroxylation is 1. The third-order valence-corrected chi connectivity index (χ3v) is 4.46. The van der Waals surface area contributed by atoms with E-state index in [1.807, 2.05) is 6.92 Å². The summed E-state index contributed by atoms with van der Waals surface area (Å²) in [4.78, 5) is 14.2. The first-order valence-corrected chi connectivity index (χ1v) is 8.00. The highest BCUT2D eigenvalue weighted by molar-refractivity contribution is 7.89. The Hall–Kier alpha value is -1.44. The lowest BCUT2D eigenvalue weighted by Crippen LogP contribution is -2.51. The van der Waals surface area contributed by atoms with E-state index in [1.165, 1.54) is 12.1 Å². The second-order valence-corrected chi connectivity index (χ2v) is 6.66. The van der Waals surface area contributed by atoms with Crippen LogP contribution in [0.5, 0.6) is 0 Å². The monoisotopic (exact) mass is 297 g/mol. The van der Waals surface area contributed by atoms with Crippen LogP contribution in [0.4, 0.5) is 0 Å². The summed E-state index contributed by atoms with van der Waals surface area (Å²) in [5.41, 5.74) is 0.977. The van der Waals surface area contributed by atoms with Gasteiger partial charge in [-0.05, 0) is 37.6 Å². The smallest absolute Gasteiger partial charge is 0.253 e. The summed E-state index contributed by atoms with van der Waals surface area (Å²) in [6.45, 7) is 5.72. The van der Waals surface area contributed by atoms with Crippen LogP contribution in [0.2, 0.25) is 0 Å². The SMILES string of the molecule is Cc1cc(C(=O)N2CCN[C@H](C)C2)ccc1S(N)(=O)=O. The number of carbonyl (C=O) groups excluding carboxylic acids is 1. The Labute approximate surface area is 119 Å². The fraction of sp³-hybridized carbons (Fsp3) is 0.462. The van der Waals surface area contributed by atoms with Crippen molar-refractivity contribution in [2.75, 3.05) is 19.6 Å². The zero-order chi connectivity index (χ0) is 14.9. The molecule has 1 atom stereocenters. The molecule has 0 radical (unpaired) electrons. The molecule has 1 heterocycles. The van der Waals surface area contributed by atoms with Gasteiger partial charge in [0.25, 0.3) is 5.91 Å². The molecule has 1 amide bonds. The highest BCUT2D eigenvalue weighted by Crippen LogP contribution is 2.17. The Morgan fingerprint density at radius 3 is 2.70 bits per heavy atom. The minimum Gasteiger partial charge on any atom is -0.336 e. The minimum atomic E-state index is -3.74. The molecule has 1 aliphatic rings. The second-order valence-electron chi connectivity index (χ2n) is 5.13. The molecule has 110 valence electrons. The molecule has 1 aromatic carbocycles. The van der Waals surface area contributed by atoms with Crippen LogP contribution in [0.3, 0.4) is 0 Å². The number of amides is 1. The Morgan fingerprint density at radius 2 is 2.15 bits per heavy atom. The maximum Gasteiger partial charge on any atom is 0.253 e. The Bertz CT molecular complexity index is 628. The summed E-state index contributed by atoms with van der Waals surface area (Å²) in [6.07, 6.45) is 0. The van der Waals surface area contributed by atoms with Crippen molar-refractivity contribution in [3.8, 4) is 0 Å². The molecule has 0 aromatic heterocycles. The molecule has 1 aromatic rings. The van der Waals surface area contributed by atoms with Gasteiger partial charge in [-0.3, -0.25) is 4.79 Å². The van der Waals surface area contributed by atoms with E-state index in [2.05, 4.69) is 5.32 Å². The Kier molecular flexibility index (Phi) is 4.12. The van der Waals surface area contributed by atoms with Crippen LogP contribution in [0, 0.1) is 6.92 Å². The summed E-state index contributed by atoms with van der Waals surface area (Å²) in [5.74, 6) is -0.0811. The molecule has 1 aliphatic heterocycles. The predicted molar refractivity (Wildman–Crippen MR) is 75.9 cm³/mol. The summed E-state index contributed by atoms with van der Waals surface area (Å²) in [5, 5.41) is 8.38. The molecule has 0 unspecified atom stereocenters. The number of sulfonamides is 1. The summed E-state index contributed by atoms with van der Waals surface area (Å²) in [7, 11) is -3.74. The van der Waals surface area contributed by atoms with Crippen molar-refractivity contribution in [2.45, 2.75) is 24.8 Å². The van der Waals surface area contributed by atoms with Crippen LogP contribution in [-0.2, 0) is 10.0 Å². The van der Waals surface area contributed by atoms with Gasteiger partial charge in [0.2, 0.25) is 10.0 Å². The van der Waals surface area contributed by atoms with E-state index >= 15 is 0 Å². The molecular formula is C13H19N3O3S. The van der Waals surface area contributed by atoms with Gasteiger partial charge in [-0.2, -0.15) is 0 Å². The highest BCUT2D eigenvalue weighted by Gasteiger charge is 2.22. The minimum absolute atomic E-state index is 0.0581. The maximum atomic E-state index is 12.4. The number of hydrogen-bond donors (Lipinski definition) is 2. The van der Waals surface area contributed by atoms with Gasteiger partial charge < -0.3 is 10.2 Å². The van der Waals surface area contributed by atoms with Crippen molar-refractivity contribution in [1.82, 2.24) is 10.2 Å². The lowest BCUT2D eigenvalue weighted by Gasteiger charge is -2.32. The molecule has 2 rings (SSSR count). The molecule has 1 fully saturated rings. The topological polar surface area (TPSA) is 92.5 Å². The number of carbonyl (C=O) groups is 1. The van der Waals surface area contributed by atoms with E-state index < -0.39 is 10.0 Å². The van der Waals surface area contributed by atoms with Crippen LogP contribution >= 0.6 is 0 Å². The molecule has 0 aliphatic carbocycles. The number of rotatable bonds is 2. The Morgan fingerprint density at radius 1 is 1.45 bits per heavy atom. The maximum absolute atomic E-state index is 12.4. The quantitative estimate of drug-likeness (QED) is 0.808. The predicted octanol–water partition coefficient (Wildman–Crippen LogP) is 0.0763. The van der Waals surface area contributed by atoms with Crippen molar-refractivity contribution in [2.24, 2.45) is 5.14 Å². The van der Waals surface area contributed by atoms with Gasteiger partial charge in [0.1, 0.15) is 0 Å². The van der Waals surface area contributed by atoms with E-state index in [0.29, 0.717) is 24.2 Å². The lowest BCUT2D eigenvalue weighted by atomic mass is 10.1. The Balaban J connectivity index is 2.25. The normalized spacial score (nSPS) is 19.9. The van der Waals surface area contributed by atoms with Crippen molar-refractivity contribution < 1.29 is 13.2 Å². The molecule has 20 heavy (non-hydrogen) atoms. The number of nitrogens with two attached hydrogens (primary N) is 1. The molecule has 1 saturated heterocycles. The standard InChI is InChI=1S/C13H19N3O3S/c1-9-7-11(3-4-12(9)20(14,18)19)13(17)16-6-5-15-10(2)8-16/h3-4,7,10,15H,5-6,8H2,1-2H3,(H2,14,18,19)/t10-/m1/s1. The number of nitrogens with zero attached hydrogens (tertiary/aromatic N) is 1. The molecule has 7 heteroatoms. The van der Waals surface area contributed by atoms with Crippen LogP contribution in [0.15, 0.2) is 23.1 Å². The highest BCUT2D eigenvalue weighted by atomic mass is 32.2. The number of nitrogens with one attached hydrogen (secondary N) is 1. The van der Waals surface area contributed by atoms with E-state index in [0.717, 1.165) is 6.54 Å². The van der Waals surface area contributed by atoms with Gasteiger partial charge in [-0.15, -0.1) is 0 Å². The van der Waals surface area contributed by atoms with Crippen molar-refractivity contribution >= 4 is 15.9 Å². The van der Waals surface area contributed by atoms with Crippen molar-refractivity contribution in [3.63, 3.8) is 0 Å². The first-order chi connectivity index (χ1) is 9.29. The summed E-state index contributed by atoms with van der Waals surface area (Å²) >= 11 is 0.